The van der Waals surface area contributed by atoms with Gasteiger partial charge in [0.05, 0.1) is 11.2 Å². The minimum Gasteiger partial charge on any atom is -0.478 e. The zero-order valence-electron chi connectivity index (χ0n) is 10.8. The molecule has 0 aliphatic heterocycles. The molecule has 0 aliphatic rings. The molecule has 0 fully saturated rings. The molecule has 0 unspecified atom stereocenters. The van der Waals surface area contributed by atoms with Gasteiger partial charge in [0.2, 0.25) is 0 Å². The lowest BCUT2D eigenvalue weighted by atomic mass is 10.1. The van der Waals surface area contributed by atoms with Crippen molar-refractivity contribution in [1.29, 1.82) is 0 Å². The van der Waals surface area contributed by atoms with E-state index in [-0.39, 0.29) is 11.2 Å². The summed E-state index contributed by atoms with van der Waals surface area (Å²) >= 11 is 3.38. The third-order valence-electron chi connectivity index (χ3n) is 2.72. The molecule has 0 heterocycles. The van der Waals surface area contributed by atoms with Gasteiger partial charge in [0.1, 0.15) is 0 Å². The normalized spacial score (nSPS) is 11.6. The third kappa shape index (κ3) is 4.40. The fourth-order valence-corrected chi connectivity index (χ4v) is 1.91. The van der Waals surface area contributed by atoms with E-state index < -0.39 is 5.97 Å². The van der Waals surface area contributed by atoms with E-state index in [9.17, 15) is 4.79 Å². The summed E-state index contributed by atoms with van der Waals surface area (Å²) in [5.74, 6) is -0.921. The second kappa shape index (κ2) is 6.31. The quantitative estimate of drug-likeness (QED) is 0.847. The summed E-state index contributed by atoms with van der Waals surface area (Å²) in [5, 5.41) is 12.1. The van der Waals surface area contributed by atoms with E-state index >= 15 is 0 Å². The average molecular weight is 316 g/mol. The first kappa shape index (κ1) is 15.1. The summed E-state index contributed by atoms with van der Waals surface area (Å²) < 4.78 is 6.10. The minimum absolute atomic E-state index is 0.215. The minimum atomic E-state index is -0.921. The molecule has 0 saturated heterocycles. The first-order valence-electron chi connectivity index (χ1n) is 5.63. The van der Waals surface area contributed by atoms with E-state index in [1.807, 2.05) is 13.8 Å². The highest BCUT2D eigenvalue weighted by molar-refractivity contribution is 9.10. The fraction of sp³-hybridized carbons (Fsp3) is 0.462. The third-order valence-corrected chi connectivity index (χ3v) is 3.46. The van der Waals surface area contributed by atoms with E-state index in [0.717, 1.165) is 16.6 Å². The number of hydrogen-bond donors (Lipinski definition) is 2. The zero-order chi connectivity index (χ0) is 13.8. The number of carboxylic acid groups (broad SMARTS) is 1. The molecule has 0 saturated carbocycles. The van der Waals surface area contributed by atoms with Crippen molar-refractivity contribution < 1.29 is 14.6 Å². The van der Waals surface area contributed by atoms with Gasteiger partial charge in [-0.2, -0.15) is 0 Å². The molecule has 0 bridgehead atoms. The van der Waals surface area contributed by atoms with Crippen LogP contribution in [0.2, 0.25) is 0 Å². The Morgan fingerprint density at radius 2 is 2.17 bits per heavy atom. The van der Waals surface area contributed by atoms with Crippen molar-refractivity contribution in [3.05, 3.63) is 33.8 Å². The Morgan fingerprint density at radius 3 is 2.67 bits per heavy atom. The van der Waals surface area contributed by atoms with Crippen LogP contribution in [0.5, 0.6) is 0 Å². The second-order valence-electron chi connectivity index (χ2n) is 4.68. The first-order valence-corrected chi connectivity index (χ1v) is 6.42. The molecule has 1 aromatic carbocycles. The summed E-state index contributed by atoms with van der Waals surface area (Å²) in [6.45, 7) is 5.38. The van der Waals surface area contributed by atoms with Gasteiger partial charge in [-0.1, -0.05) is 22.0 Å². The molecule has 0 radical (unpaired) electrons. The van der Waals surface area contributed by atoms with Gasteiger partial charge in [-0.3, -0.25) is 0 Å². The zero-order valence-corrected chi connectivity index (χ0v) is 12.4. The lowest BCUT2D eigenvalue weighted by molar-refractivity contribution is 0.0230. The van der Waals surface area contributed by atoms with Gasteiger partial charge in [0, 0.05) is 24.7 Å². The van der Waals surface area contributed by atoms with Gasteiger partial charge in [-0.15, -0.1) is 0 Å². The van der Waals surface area contributed by atoms with Gasteiger partial charge in [-0.05, 0) is 31.5 Å². The number of benzene rings is 1. The van der Waals surface area contributed by atoms with Crippen molar-refractivity contribution >= 4 is 21.9 Å². The molecule has 0 atom stereocenters. The second-order valence-corrected chi connectivity index (χ2v) is 5.53. The Hall–Kier alpha value is -0.910. The largest absolute Gasteiger partial charge is 0.478 e. The molecule has 1 aromatic rings. The average Bonchev–Trinajstić information content (AvgIpc) is 2.31. The van der Waals surface area contributed by atoms with Crippen LogP contribution in [-0.2, 0) is 11.3 Å². The highest BCUT2D eigenvalue weighted by Crippen LogP contribution is 2.19. The number of rotatable bonds is 6. The topological polar surface area (TPSA) is 58.6 Å². The van der Waals surface area contributed by atoms with Gasteiger partial charge < -0.3 is 15.2 Å². The highest BCUT2D eigenvalue weighted by atomic mass is 79.9. The van der Waals surface area contributed by atoms with E-state index in [0.29, 0.717) is 6.54 Å². The Balaban J connectivity index is 2.61. The number of halogens is 1. The maximum atomic E-state index is 10.8. The SMILES string of the molecule is COC(C)(C)CNCc1ccc(C(=O)O)cc1Br. The van der Waals surface area contributed by atoms with Crippen LogP contribution in [0.15, 0.2) is 22.7 Å². The van der Waals surface area contributed by atoms with Gasteiger partial charge in [-0.25, -0.2) is 4.79 Å². The van der Waals surface area contributed by atoms with E-state index in [1.54, 1.807) is 25.3 Å². The standard InChI is InChI=1S/C13H18BrNO3/c1-13(2,18-3)8-15-7-10-5-4-9(12(16)17)6-11(10)14/h4-6,15H,7-8H2,1-3H3,(H,16,17). The smallest absolute Gasteiger partial charge is 0.335 e. The summed E-state index contributed by atoms with van der Waals surface area (Å²) in [6.07, 6.45) is 0. The summed E-state index contributed by atoms with van der Waals surface area (Å²) in [5.41, 5.74) is 1.09. The van der Waals surface area contributed by atoms with Crippen LogP contribution in [0.1, 0.15) is 29.8 Å². The number of carboxylic acids is 1. The summed E-state index contributed by atoms with van der Waals surface area (Å²) in [7, 11) is 1.68. The fourth-order valence-electron chi connectivity index (χ4n) is 1.39. The van der Waals surface area contributed by atoms with Crippen LogP contribution < -0.4 is 5.32 Å². The number of hydrogen-bond acceptors (Lipinski definition) is 3. The summed E-state index contributed by atoms with van der Waals surface area (Å²) in [4.78, 5) is 10.8. The Bertz CT molecular complexity index is 432. The molecule has 4 nitrogen and oxygen atoms in total. The molecule has 2 N–H and O–H groups in total. The Kier molecular flexibility index (Phi) is 5.31. The van der Waals surface area contributed by atoms with Gasteiger partial charge in [0.15, 0.2) is 0 Å². The van der Waals surface area contributed by atoms with E-state index in [4.69, 9.17) is 9.84 Å². The van der Waals surface area contributed by atoms with Crippen molar-refractivity contribution in [2.24, 2.45) is 0 Å². The molecular weight excluding hydrogens is 298 g/mol. The number of nitrogens with one attached hydrogen (secondary N) is 1. The van der Waals surface area contributed by atoms with Crippen LogP contribution >= 0.6 is 15.9 Å². The predicted molar refractivity (Wildman–Crippen MR) is 73.9 cm³/mol. The van der Waals surface area contributed by atoms with Crippen LogP contribution in [0.3, 0.4) is 0 Å². The number of aromatic carboxylic acids is 1. The van der Waals surface area contributed by atoms with Crippen molar-refractivity contribution in [2.45, 2.75) is 26.0 Å². The molecule has 0 spiro atoms. The van der Waals surface area contributed by atoms with Gasteiger partial charge in [0.25, 0.3) is 0 Å². The van der Waals surface area contributed by atoms with Crippen molar-refractivity contribution in [3.8, 4) is 0 Å². The first-order chi connectivity index (χ1) is 8.35. The number of methoxy groups -OCH3 is 1. The predicted octanol–water partition coefficient (Wildman–Crippen LogP) is 2.66. The number of ether oxygens (including phenoxy) is 1. The maximum Gasteiger partial charge on any atom is 0.335 e. The van der Waals surface area contributed by atoms with Crippen LogP contribution in [-0.4, -0.2) is 30.3 Å². The van der Waals surface area contributed by atoms with Crippen LogP contribution in [0, 0.1) is 0 Å². The monoisotopic (exact) mass is 315 g/mol. The molecular formula is C13H18BrNO3. The lowest BCUT2D eigenvalue weighted by Gasteiger charge is -2.23. The molecule has 1 rings (SSSR count). The molecule has 0 aliphatic carbocycles. The maximum absolute atomic E-state index is 10.8. The van der Waals surface area contributed by atoms with Crippen molar-refractivity contribution in [2.75, 3.05) is 13.7 Å². The van der Waals surface area contributed by atoms with Crippen molar-refractivity contribution in [3.63, 3.8) is 0 Å². The van der Waals surface area contributed by atoms with Crippen molar-refractivity contribution in [1.82, 2.24) is 5.32 Å². The van der Waals surface area contributed by atoms with Crippen LogP contribution in [0.25, 0.3) is 0 Å². The number of carbonyl (C=O) groups is 1. The molecule has 100 valence electrons. The molecule has 18 heavy (non-hydrogen) atoms. The van der Waals surface area contributed by atoms with Crippen LogP contribution in [0.4, 0.5) is 0 Å². The molecule has 0 aromatic heterocycles. The summed E-state index contributed by atoms with van der Waals surface area (Å²) in [6, 6.07) is 5.02. The lowest BCUT2D eigenvalue weighted by Crippen LogP contribution is -2.36. The van der Waals surface area contributed by atoms with E-state index in [1.165, 1.54) is 0 Å². The Labute approximate surface area is 115 Å². The molecule has 5 heteroatoms. The van der Waals surface area contributed by atoms with E-state index in [2.05, 4.69) is 21.2 Å². The Morgan fingerprint density at radius 1 is 1.50 bits per heavy atom. The molecule has 0 amide bonds. The highest BCUT2D eigenvalue weighted by Gasteiger charge is 2.15. The van der Waals surface area contributed by atoms with Gasteiger partial charge >= 0.3 is 5.97 Å².